The van der Waals surface area contributed by atoms with Crippen molar-refractivity contribution in [3.63, 3.8) is 0 Å². The predicted molar refractivity (Wildman–Crippen MR) is 60.7 cm³/mol. The van der Waals surface area contributed by atoms with E-state index in [1.54, 1.807) is 18.3 Å². The van der Waals surface area contributed by atoms with Crippen LogP contribution in [0.3, 0.4) is 0 Å². The summed E-state index contributed by atoms with van der Waals surface area (Å²) >= 11 is 0. The van der Waals surface area contributed by atoms with Crippen molar-refractivity contribution < 1.29 is 8.81 Å². The molecule has 0 bridgehead atoms. The van der Waals surface area contributed by atoms with Crippen molar-refractivity contribution in [3.8, 4) is 23.0 Å². The summed E-state index contributed by atoms with van der Waals surface area (Å²) in [5.41, 5.74) is 1.00. The van der Waals surface area contributed by atoms with E-state index in [1.165, 1.54) is 24.5 Å². The SMILES string of the molecule is Fc1cccc(-c2nnc(-c3cnccn3)o2)c1. The van der Waals surface area contributed by atoms with Crippen LogP contribution < -0.4 is 0 Å². The van der Waals surface area contributed by atoms with E-state index in [1.807, 2.05) is 0 Å². The molecule has 0 aliphatic heterocycles. The third kappa shape index (κ3) is 1.95. The number of halogens is 1. The van der Waals surface area contributed by atoms with Gasteiger partial charge in [0.1, 0.15) is 11.5 Å². The molecule has 3 aromatic rings. The summed E-state index contributed by atoms with van der Waals surface area (Å²) in [4.78, 5) is 7.95. The van der Waals surface area contributed by atoms with Crippen LogP contribution in [-0.4, -0.2) is 20.2 Å². The second-order valence-corrected chi connectivity index (χ2v) is 3.51. The molecule has 0 amide bonds. The topological polar surface area (TPSA) is 64.7 Å². The highest BCUT2D eigenvalue weighted by Gasteiger charge is 2.11. The zero-order chi connectivity index (χ0) is 12.4. The highest BCUT2D eigenvalue weighted by atomic mass is 19.1. The lowest BCUT2D eigenvalue weighted by molar-refractivity contribution is 0.579. The molecule has 0 aliphatic rings. The molecule has 18 heavy (non-hydrogen) atoms. The lowest BCUT2D eigenvalue weighted by atomic mass is 10.2. The van der Waals surface area contributed by atoms with E-state index in [0.717, 1.165) is 0 Å². The first-order chi connectivity index (χ1) is 8.83. The van der Waals surface area contributed by atoms with Gasteiger partial charge in [-0.3, -0.25) is 4.98 Å². The van der Waals surface area contributed by atoms with Gasteiger partial charge in [-0.15, -0.1) is 10.2 Å². The number of aromatic nitrogens is 4. The van der Waals surface area contributed by atoms with E-state index >= 15 is 0 Å². The van der Waals surface area contributed by atoms with Crippen molar-refractivity contribution in [2.45, 2.75) is 0 Å². The van der Waals surface area contributed by atoms with E-state index in [9.17, 15) is 4.39 Å². The first-order valence-corrected chi connectivity index (χ1v) is 5.19. The summed E-state index contributed by atoms with van der Waals surface area (Å²) in [5.74, 6) is 0.143. The molecular formula is C12H7FN4O. The number of benzene rings is 1. The van der Waals surface area contributed by atoms with Crippen LogP contribution in [-0.2, 0) is 0 Å². The Morgan fingerprint density at radius 2 is 1.94 bits per heavy atom. The summed E-state index contributed by atoms with van der Waals surface area (Å²) in [6.07, 6.45) is 4.59. The zero-order valence-electron chi connectivity index (χ0n) is 9.12. The monoisotopic (exact) mass is 242 g/mol. The average Bonchev–Trinajstić information content (AvgIpc) is 2.89. The predicted octanol–water partition coefficient (Wildman–Crippen LogP) is 2.33. The number of hydrogen-bond acceptors (Lipinski definition) is 5. The standard InChI is InChI=1S/C12H7FN4O/c13-9-3-1-2-8(6-9)11-16-17-12(18-11)10-7-14-4-5-15-10/h1-7H. The Morgan fingerprint density at radius 1 is 1.06 bits per heavy atom. The molecule has 0 atom stereocenters. The van der Waals surface area contributed by atoms with Crippen molar-refractivity contribution >= 4 is 0 Å². The molecular weight excluding hydrogens is 235 g/mol. The maximum Gasteiger partial charge on any atom is 0.268 e. The molecule has 0 spiro atoms. The van der Waals surface area contributed by atoms with E-state index in [0.29, 0.717) is 11.3 Å². The van der Waals surface area contributed by atoms with Gasteiger partial charge in [-0.05, 0) is 18.2 Å². The van der Waals surface area contributed by atoms with Crippen LogP contribution in [0.2, 0.25) is 0 Å². The largest absolute Gasteiger partial charge is 0.415 e. The molecule has 2 aromatic heterocycles. The molecule has 0 fully saturated rings. The number of rotatable bonds is 2. The maximum atomic E-state index is 13.1. The molecule has 0 saturated carbocycles. The van der Waals surface area contributed by atoms with E-state index in [-0.39, 0.29) is 17.6 Å². The van der Waals surface area contributed by atoms with Crippen LogP contribution in [0.15, 0.2) is 47.3 Å². The van der Waals surface area contributed by atoms with Gasteiger partial charge >= 0.3 is 0 Å². The molecule has 0 N–H and O–H groups in total. The second-order valence-electron chi connectivity index (χ2n) is 3.51. The molecule has 0 aliphatic carbocycles. The molecule has 0 saturated heterocycles. The van der Waals surface area contributed by atoms with Gasteiger partial charge in [0.15, 0.2) is 0 Å². The minimum absolute atomic E-state index is 0.246. The lowest BCUT2D eigenvalue weighted by Gasteiger charge is -1.94. The van der Waals surface area contributed by atoms with Gasteiger partial charge in [-0.2, -0.15) is 0 Å². The summed E-state index contributed by atoms with van der Waals surface area (Å²) in [6, 6.07) is 5.95. The average molecular weight is 242 g/mol. The summed E-state index contributed by atoms with van der Waals surface area (Å²) < 4.78 is 18.5. The second kappa shape index (κ2) is 4.33. The Balaban J connectivity index is 2.00. The molecule has 2 heterocycles. The van der Waals surface area contributed by atoms with Crippen molar-refractivity contribution in [2.75, 3.05) is 0 Å². The Kier molecular flexibility index (Phi) is 2.53. The first kappa shape index (κ1) is 10.5. The normalized spacial score (nSPS) is 10.5. The molecule has 1 aromatic carbocycles. The van der Waals surface area contributed by atoms with Crippen LogP contribution in [0.1, 0.15) is 0 Å². The van der Waals surface area contributed by atoms with Gasteiger partial charge in [0, 0.05) is 18.0 Å². The maximum absolute atomic E-state index is 13.1. The van der Waals surface area contributed by atoms with Crippen molar-refractivity contribution in [1.82, 2.24) is 20.2 Å². The number of nitrogens with zero attached hydrogens (tertiary/aromatic N) is 4. The molecule has 88 valence electrons. The Labute approximate surface area is 101 Å². The minimum atomic E-state index is -0.355. The quantitative estimate of drug-likeness (QED) is 0.690. The molecule has 5 nitrogen and oxygen atoms in total. The van der Waals surface area contributed by atoms with Crippen LogP contribution in [0.25, 0.3) is 23.0 Å². The highest BCUT2D eigenvalue weighted by Crippen LogP contribution is 2.22. The van der Waals surface area contributed by atoms with E-state index in [4.69, 9.17) is 4.42 Å². The smallest absolute Gasteiger partial charge is 0.268 e. The Bertz CT molecular complexity index is 669. The molecule has 0 radical (unpaired) electrons. The first-order valence-electron chi connectivity index (χ1n) is 5.19. The summed E-state index contributed by atoms with van der Waals surface area (Å²) in [5, 5.41) is 7.70. The van der Waals surface area contributed by atoms with Gasteiger partial charge in [0.2, 0.25) is 5.89 Å². The van der Waals surface area contributed by atoms with Gasteiger partial charge < -0.3 is 4.42 Å². The fraction of sp³-hybridized carbons (Fsp3) is 0. The number of hydrogen-bond donors (Lipinski definition) is 0. The highest BCUT2D eigenvalue weighted by molar-refractivity contribution is 5.55. The summed E-state index contributed by atoms with van der Waals surface area (Å²) in [6.45, 7) is 0. The van der Waals surface area contributed by atoms with Crippen LogP contribution in [0.4, 0.5) is 4.39 Å². The molecule has 0 unspecified atom stereocenters. The van der Waals surface area contributed by atoms with E-state index < -0.39 is 0 Å². The van der Waals surface area contributed by atoms with Crippen molar-refractivity contribution in [1.29, 1.82) is 0 Å². The van der Waals surface area contributed by atoms with Gasteiger partial charge in [0.05, 0.1) is 6.20 Å². The van der Waals surface area contributed by atoms with Crippen molar-refractivity contribution in [3.05, 3.63) is 48.7 Å². The van der Waals surface area contributed by atoms with Crippen LogP contribution >= 0.6 is 0 Å². The molecule has 3 rings (SSSR count). The Hall–Kier alpha value is -2.63. The third-order valence-corrected chi connectivity index (χ3v) is 2.28. The molecule has 6 heteroatoms. The van der Waals surface area contributed by atoms with Crippen molar-refractivity contribution in [2.24, 2.45) is 0 Å². The van der Waals surface area contributed by atoms with Gasteiger partial charge in [-0.1, -0.05) is 6.07 Å². The van der Waals surface area contributed by atoms with E-state index in [2.05, 4.69) is 20.2 Å². The van der Waals surface area contributed by atoms with Gasteiger partial charge in [-0.25, -0.2) is 9.37 Å². The third-order valence-electron chi connectivity index (χ3n) is 2.28. The zero-order valence-corrected chi connectivity index (χ0v) is 9.12. The fourth-order valence-electron chi connectivity index (χ4n) is 1.47. The summed E-state index contributed by atoms with van der Waals surface area (Å²) in [7, 11) is 0. The van der Waals surface area contributed by atoms with Crippen LogP contribution in [0.5, 0.6) is 0 Å². The Morgan fingerprint density at radius 3 is 2.72 bits per heavy atom. The minimum Gasteiger partial charge on any atom is -0.415 e. The van der Waals surface area contributed by atoms with Gasteiger partial charge in [0.25, 0.3) is 5.89 Å². The van der Waals surface area contributed by atoms with Crippen LogP contribution in [0, 0.1) is 5.82 Å². The fourth-order valence-corrected chi connectivity index (χ4v) is 1.47. The lowest BCUT2D eigenvalue weighted by Crippen LogP contribution is -1.83.